The lowest BCUT2D eigenvalue weighted by Crippen LogP contribution is -2.43. The van der Waals surface area contributed by atoms with Gasteiger partial charge in [0.25, 0.3) is 0 Å². The van der Waals surface area contributed by atoms with Crippen molar-refractivity contribution in [1.82, 2.24) is 14.7 Å². The van der Waals surface area contributed by atoms with Crippen LogP contribution in [0.4, 0.5) is 0 Å². The van der Waals surface area contributed by atoms with Crippen molar-refractivity contribution in [2.75, 3.05) is 53.6 Å². The third-order valence-electron chi connectivity index (χ3n) is 8.23. The Morgan fingerprint density at radius 2 is 1.92 bits per heavy atom. The van der Waals surface area contributed by atoms with E-state index < -0.39 is 0 Å². The number of carbonyl (C=O) groups is 1. The number of allylic oxidation sites excluding steroid dienone is 4. The number of amides is 1. The minimum atomic E-state index is 0.290. The van der Waals surface area contributed by atoms with Crippen molar-refractivity contribution in [1.29, 1.82) is 0 Å². The third kappa shape index (κ3) is 7.93. The van der Waals surface area contributed by atoms with Gasteiger partial charge in [0.2, 0.25) is 12.7 Å². The number of carbonyl (C=O) groups excluding carboxylic acids is 1. The monoisotopic (exact) mass is 512 g/mol. The lowest BCUT2D eigenvalue weighted by atomic mass is 9.84. The number of nitrogens with zero attached hydrogens (tertiary/aromatic N) is 4. The fourth-order valence-electron chi connectivity index (χ4n) is 6.05. The molecule has 0 saturated carbocycles. The first-order valence-corrected chi connectivity index (χ1v) is 14.5. The Kier molecular flexibility index (Phi) is 10.3. The van der Waals surface area contributed by atoms with E-state index >= 15 is 0 Å². The summed E-state index contributed by atoms with van der Waals surface area (Å²) in [4.78, 5) is 25.1. The van der Waals surface area contributed by atoms with Crippen molar-refractivity contribution >= 4 is 12.1 Å². The molecule has 7 heteroatoms. The van der Waals surface area contributed by atoms with Gasteiger partial charge in [-0.2, -0.15) is 0 Å². The predicted molar refractivity (Wildman–Crippen MR) is 149 cm³/mol. The Hall–Kier alpha value is -2.12. The van der Waals surface area contributed by atoms with Gasteiger partial charge in [0, 0.05) is 37.6 Å². The number of fused-ring (bicyclic) bond motifs is 1. The van der Waals surface area contributed by atoms with E-state index in [-0.39, 0.29) is 5.91 Å². The van der Waals surface area contributed by atoms with Crippen LogP contribution in [0.2, 0.25) is 0 Å². The van der Waals surface area contributed by atoms with E-state index in [9.17, 15) is 4.79 Å². The van der Waals surface area contributed by atoms with Crippen LogP contribution in [0.25, 0.3) is 0 Å². The third-order valence-corrected chi connectivity index (χ3v) is 8.23. The Bertz CT molecular complexity index is 893. The fourth-order valence-corrected chi connectivity index (χ4v) is 6.05. The highest BCUT2D eigenvalue weighted by Gasteiger charge is 2.38. The van der Waals surface area contributed by atoms with Gasteiger partial charge in [-0.05, 0) is 95.5 Å². The van der Waals surface area contributed by atoms with Crippen molar-refractivity contribution in [2.24, 2.45) is 22.7 Å². The van der Waals surface area contributed by atoms with Crippen LogP contribution >= 0.6 is 0 Å². The molecule has 0 N–H and O–H groups in total. The van der Waals surface area contributed by atoms with Gasteiger partial charge in [-0.3, -0.25) is 14.7 Å². The second-order valence-corrected chi connectivity index (χ2v) is 11.6. The molecule has 0 radical (unpaired) electrons. The molecule has 0 aromatic rings. The maximum atomic E-state index is 13.6. The molecular formula is C30H48N4O3. The van der Waals surface area contributed by atoms with Crippen LogP contribution < -0.4 is 0 Å². The molecular weight excluding hydrogens is 464 g/mol. The van der Waals surface area contributed by atoms with Gasteiger partial charge in [0.15, 0.2) is 11.5 Å². The summed E-state index contributed by atoms with van der Waals surface area (Å²) in [5, 5.41) is 0. The standard InChI is InChI=1S/C30H48N4O3/c1-5-6-15-33(16-7-14-32(3)4)30(35)21-34-20-25(24-8-11-28-29(19-24)37-22-36-28)18-27(34)10-9-26-17-23(2)12-13-31-26/h11,13,17,19,23-25,27H,5-10,12,14-16,18,20-22H2,1-4H3/t23?,24-,25?,27+/m1/s1. The summed E-state index contributed by atoms with van der Waals surface area (Å²) in [5.41, 5.74) is 1.21. The van der Waals surface area contributed by atoms with Crippen molar-refractivity contribution in [3.05, 3.63) is 35.4 Å². The van der Waals surface area contributed by atoms with Crippen LogP contribution in [0.3, 0.4) is 0 Å². The molecule has 0 bridgehead atoms. The second kappa shape index (κ2) is 13.6. The van der Waals surface area contributed by atoms with Gasteiger partial charge >= 0.3 is 0 Å². The molecule has 2 saturated heterocycles. The van der Waals surface area contributed by atoms with Gasteiger partial charge in [-0.25, -0.2) is 0 Å². The van der Waals surface area contributed by atoms with E-state index in [1.54, 1.807) is 0 Å². The van der Waals surface area contributed by atoms with Crippen LogP contribution in [0.5, 0.6) is 0 Å². The lowest BCUT2D eigenvalue weighted by Gasteiger charge is -2.29. The highest BCUT2D eigenvalue weighted by Crippen LogP contribution is 2.39. The molecule has 37 heavy (non-hydrogen) atoms. The van der Waals surface area contributed by atoms with E-state index in [1.165, 1.54) is 5.70 Å². The molecule has 3 heterocycles. The maximum absolute atomic E-state index is 13.6. The van der Waals surface area contributed by atoms with Gasteiger partial charge in [0.1, 0.15) is 0 Å². The minimum Gasteiger partial charge on any atom is -0.454 e. The van der Waals surface area contributed by atoms with Crippen molar-refractivity contribution < 1.29 is 14.3 Å². The maximum Gasteiger partial charge on any atom is 0.236 e. The number of unbranched alkanes of at least 4 members (excludes halogenated alkanes) is 1. The molecule has 3 aliphatic heterocycles. The van der Waals surface area contributed by atoms with Crippen LogP contribution in [0.15, 0.2) is 40.4 Å². The number of hydrogen-bond donors (Lipinski definition) is 0. The number of hydrogen-bond acceptors (Lipinski definition) is 6. The summed E-state index contributed by atoms with van der Waals surface area (Å²) in [7, 11) is 4.20. The summed E-state index contributed by atoms with van der Waals surface area (Å²) >= 11 is 0. The zero-order valence-electron chi connectivity index (χ0n) is 23.5. The Balaban J connectivity index is 1.41. The number of likely N-dealkylation sites (tertiary alicyclic amines) is 1. The first kappa shape index (κ1) is 27.9. The van der Waals surface area contributed by atoms with E-state index in [0.29, 0.717) is 37.1 Å². The molecule has 2 unspecified atom stereocenters. The van der Waals surface area contributed by atoms with Crippen LogP contribution in [0.1, 0.15) is 65.2 Å². The molecule has 7 nitrogen and oxygen atoms in total. The largest absolute Gasteiger partial charge is 0.454 e. The first-order chi connectivity index (χ1) is 17.9. The molecule has 0 aromatic heterocycles. The number of ether oxygens (including phenoxy) is 2. The van der Waals surface area contributed by atoms with Gasteiger partial charge < -0.3 is 19.3 Å². The molecule has 206 valence electrons. The Morgan fingerprint density at radius 3 is 2.70 bits per heavy atom. The van der Waals surface area contributed by atoms with E-state index in [1.807, 2.05) is 0 Å². The molecule has 0 spiro atoms. The Labute approximate surface area is 224 Å². The van der Waals surface area contributed by atoms with Gasteiger partial charge in [-0.1, -0.05) is 26.3 Å². The van der Waals surface area contributed by atoms with Gasteiger partial charge in [-0.15, -0.1) is 0 Å². The van der Waals surface area contributed by atoms with E-state index in [2.05, 4.69) is 72.1 Å². The fraction of sp³-hybridized carbons (Fsp3) is 0.733. The summed E-state index contributed by atoms with van der Waals surface area (Å²) in [6.07, 6.45) is 17.2. The summed E-state index contributed by atoms with van der Waals surface area (Å²) < 4.78 is 11.3. The summed E-state index contributed by atoms with van der Waals surface area (Å²) in [5.74, 6) is 3.62. The molecule has 0 aromatic carbocycles. The van der Waals surface area contributed by atoms with Crippen molar-refractivity contribution in [3.8, 4) is 0 Å². The smallest absolute Gasteiger partial charge is 0.236 e. The van der Waals surface area contributed by atoms with Crippen molar-refractivity contribution in [3.63, 3.8) is 0 Å². The predicted octanol–water partition coefficient (Wildman–Crippen LogP) is 4.82. The number of aliphatic imine (C=N–C) groups is 1. The average molecular weight is 513 g/mol. The zero-order valence-corrected chi connectivity index (χ0v) is 23.5. The molecule has 4 atom stereocenters. The highest BCUT2D eigenvalue weighted by atomic mass is 16.7. The zero-order chi connectivity index (χ0) is 26.2. The average Bonchev–Trinajstić information content (AvgIpc) is 3.51. The number of rotatable bonds is 13. The van der Waals surface area contributed by atoms with E-state index in [4.69, 9.17) is 9.47 Å². The normalized spacial score (nSPS) is 27.3. The molecule has 4 aliphatic rings. The summed E-state index contributed by atoms with van der Waals surface area (Å²) in [6, 6.07) is 0.404. The van der Waals surface area contributed by atoms with Gasteiger partial charge in [0.05, 0.1) is 6.54 Å². The topological polar surface area (TPSA) is 57.6 Å². The Morgan fingerprint density at radius 1 is 1.11 bits per heavy atom. The first-order valence-electron chi connectivity index (χ1n) is 14.5. The van der Waals surface area contributed by atoms with Crippen LogP contribution in [-0.2, 0) is 14.3 Å². The molecule has 4 rings (SSSR count). The quantitative estimate of drug-likeness (QED) is 0.354. The molecule has 1 aliphatic carbocycles. The second-order valence-electron chi connectivity index (χ2n) is 11.6. The SMILES string of the molecule is CCCCN(CCCN(C)C)C(=O)CN1CC([C@H]2C=C3OCOC3=CC2)C[C@@H]1CCC1=CC(C)CC=N1. The highest BCUT2D eigenvalue weighted by molar-refractivity contribution is 5.78. The van der Waals surface area contributed by atoms with Crippen LogP contribution in [0, 0.1) is 17.8 Å². The molecule has 2 fully saturated rings. The summed E-state index contributed by atoms with van der Waals surface area (Å²) in [6.45, 7) is 8.99. The van der Waals surface area contributed by atoms with Crippen LogP contribution in [-0.4, -0.2) is 86.5 Å². The molecule has 1 amide bonds. The van der Waals surface area contributed by atoms with Crippen molar-refractivity contribution in [2.45, 2.75) is 71.3 Å². The minimum absolute atomic E-state index is 0.290. The van der Waals surface area contributed by atoms with E-state index in [0.717, 1.165) is 89.1 Å². The lowest BCUT2D eigenvalue weighted by molar-refractivity contribution is -0.132.